The molecular weight excluding hydrogens is 954 g/mol. The van der Waals surface area contributed by atoms with E-state index in [2.05, 4.69) is 126 Å². The van der Waals surface area contributed by atoms with E-state index in [9.17, 15) is 0 Å². The van der Waals surface area contributed by atoms with Gasteiger partial charge in [0.25, 0.3) is 3.25 Å². The molecule has 0 saturated carbocycles. The monoisotopic (exact) mass is 943 g/mol. The normalized spacial score (nSPS) is 8.29. The van der Waals surface area contributed by atoms with Gasteiger partial charge in [-0.05, 0) is 0 Å². The van der Waals surface area contributed by atoms with E-state index in [0.717, 1.165) is 0 Å². The van der Waals surface area contributed by atoms with Crippen molar-refractivity contribution in [2.24, 2.45) is 0 Å². The Labute approximate surface area is 197 Å². The third kappa shape index (κ3) is 205. The van der Waals surface area contributed by atoms with Gasteiger partial charge in [0.05, 0.1) is 0 Å². The molecule has 0 aliphatic carbocycles. The van der Waals surface area contributed by atoms with Crippen LogP contribution in [0.15, 0.2) is 0 Å². The lowest BCUT2D eigenvalue weighted by atomic mass is 11.8. The summed E-state index contributed by atoms with van der Waals surface area (Å²) in [5.74, 6) is 0. The maximum absolute atomic E-state index is 4.83. The van der Waals surface area contributed by atoms with Gasteiger partial charge in [-0.1, -0.05) is 46.4 Å². The summed E-state index contributed by atoms with van der Waals surface area (Å²) in [5, 5.41) is 0. The van der Waals surface area contributed by atoms with Crippen LogP contribution in [0.4, 0.5) is 0 Å². The molecule has 0 saturated heterocycles. The molecule has 17 heavy (non-hydrogen) atoms. The predicted molar refractivity (Wildman–Crippen MR) is 124 cm³/mol. The molecule has 0 aliphatic heterocycles. The summed E-state index contributed by atoms with van der Waals surface area (Å²) < 4.78 is -1.61. The van der Waals surface area contributed by atoms with Crippen LogP contribution in [0.1, 0.15) is 0 Å². The molecule has 0 radical (unpaired) electrons. The van der Waals surface area contributed by atoms with Gasteiger partial charge in [-0.2, -0.15) is 126 Å². The molecule has 0 rings (SSSR count). The molecule has 0 spiro atoms. The van der Waals surface area contributed by atoms with Gasteiger partial charge in [0.1, 0.15) is 0 Å². The fraction of sp³-hybridized carbons (Fsp3) is 1.00. The minimum atomic E-state index is -1.61. The SMILES string of the molecule is ClC(Cl)(Cl)Cl.[Br][Al]([Br])[Br].[Br][Al]([Br])[Br].[Br][Al]([Br])[Br]. The first kappa shape index (κ1) is 31.8. The molecule has 104 valence electrons. The Morgan fingerprint density at radius 1 is 0.471 bits per heavy atom. The summed E-state index contributed by atoms with van der Waals surface area (Å²) in [5.41, 5.74) is 0. The Balaban J connectivity index is -0.0000000667. The maximum atomic E-state index is 4.83. The van der Waals surface area contributed by atoms with Crippen molar-refractivity contribution in [3.8, 4) is 0 Å². The summed E-state index contributed by atoms with van der Waals surface area (Å²) in [6, 6.07) is 0. The molecule has 0 aromatic carbocycles. The Morgan fingerprint density at radius 3 is 0.471 bits per heavy atom. The van der Waals surface area contributed by atoms with Gasteiger partial charge in [0, 0.05) is 0 Å². The molecule has 0 aliphatic rings. The van der Waals surface area contributed by atoms with E-state index in [0.29, 0.717) is 0 Å². The Hall–Kier alpha value is 7.08. The predicted octanol–water partition coefficient (Wildman–Crippen LogP) is 9.02. The first-order valence-electron chi connectivity index (χ1n) is 2.72. The molecule has 0 aromatic heterocycles. The lowest BCUT2D eigenvalue weighted by Crippen LogP contribution is -1.81. The van der Waals surface area contributed by atoms with Crippen molar-refractivity contribution in [2.75, 3.05) is 0 Å². The standard InChI is InChI=1S/CCl4.3Al.9BrH/c2-1(3,4)5;;;;;;;;;;;;/h;;;;9*1H/q;3*+3;;;;;;;;;/p-9. The molecule has 0 atom stereocenters. The molecule has 0 fully saturated rings. The van der Waals surface area contributed by atoms with Gasteiger partial charge in [-0.15, -0.1) is 0 Å². The van der Waals surface area contributed by atoms with Gasteiger partial charge in [-0.25, -0.2) is 0 Å². The first-order valence-corrected chi connectivity index (χ1v) is 32.9. The molecule has 0 N–H and O–H groups in total. The van der Waals surface area contributed by atoms with Crippen molar-refractivity contribution < 1.29 is 0 Å². The summed E-state index contributed by atoms with van der Waals surface area (Å²) >= 11 is 48.5. The van der Waals surface area contributed by atoms with E-state index in [-0.39, 0.29) is 0 Å². The van der Waals surface area contributed by atoms with E-state index in [1.807, 2.05) is 0 Å². The van der Waals surface area contributed by atoms with E-state index >= 15 is 0 Å². The third-order valence-corrected chi connectivity index (χ3v) is 0. The second kappa shape index (κ2) is 23.1. The van der Waals surface area contributed by atoms with Crippen LogP contribution in [0.3, 0.4) is 0 Å². The van der Waals surface area contributed by atoms with E-state index in [1.54, 1.807) is 0 Å². The molecule has 0 unspecified atom stereocenters. The first-order chi connectivity index (χ1) is 7.20. The average Bonchev–Trinajstić information content (AvgIpc) is 1.73. The van der Waals surface area contributed by atoms with Crippen molar-refractivity contribution in [3.05, 3.63) is 0 Å². The van der Waals surface area contributed by atoms with E-state index in [4.69, 9.17) is 46.4 Å². The number of halogens is 13. The number of rotatable bonds is 0. The molecule has 0 nitrogen and oxygen atoms in total. The maximum Gasteiger partial charge on any atom is 0.542 e. The topological polar surface area (TPSA) is 0 Å². The zero-order valence-electron chi connectivity index (χ0n) is 7.15. The van der Waals surface area contributed by atoms with Crippen LogP contribution in [-0.4, -0.2) is 29.3 Å². The van der Waals surface area contributed by atoms with Crippen molar-refractivity contribution in [3.63, 3.8) is 0 Å². The van der Waals surface area contributed by atoms with Gasteiger partial charge < -0.3 is 0 Å². The van der Waals surface area contributed by atoms with Gasteiger partial charge >= 0.3 is 26.0 Å². The minimum Gasteiger partial charge on any atom is -0.181 e. The lowest BCUT2D eigenvalue weighted by Gasteiger charge is -1.91. The molecule has 0 aromatic rings. The van der Waals surface area contributed by atoms with Crippen LogP contribution in [0.5, 0.6) is 0 Å². The smallest absolute Gasteiger partial charge is 0.181 e. The van der Waals surface area contributed by atoms with Crippen molar-refractivity contribution in [2.45, 2.75) is 3.25 Å². The van der Waals surface area contributed by atoms with Crippen molar-refractivity contribution in [1.82, 2.24) is 0 Å². The van der Waals surface area contributed by atoms with Crippen LogP contribution in [-0.2, 0) is 0 Å². The highest BCUT2D eigenvalue weighted by molar-refractivity contribution is 9.70. The highest BCUT2D eigenvalue weighted by Gasteiger charge is 2.11. The zero-order valence-corrected chi connectivity index (χ0v) is 27.9. The zero-order chi connectivity index (χ0) is 15.2. The number of alkyl halides is 4. The largest absolute Gasteiger partial charge is 0.542 e. The summed E-state index contributed by atoms with van der Waals surface area (Å²) in [4.78, 5) is 0. The van der Waals surface area contributed by atoms with Crippen LogP contribution >= 0.6 is 173 Å². The Kier molecular flexibility index (Phi) is 43.2. The van der Waals surface area contributed by atoms with E-state index < -0.39 is 29.3 Å². The fourth-order valence-corrected chi connectivity index (χ4v) is 0. The molecule has 0 heterocycles. The molecule has 0 amide bonds. The van der Waals surface area contributed by atoms with E-state index in [1.165, 1.54) is 0 Å². The number of hydrogen-bond acceptors (Lipinski definition) is 0. The minimum absolute atomic E-state index is 0.701. The lowest BCUT2D eigenvalue weighted by molar-refractivity contribution is 1.76. The molecule has 0 bridgehead atoms. The number of hydrogen-bond donors (Lipinski definition) is 0. The van der Waals surface area contributed by atoms with Gasteiger partial charge in [-0.3, -0.25) is 0 Å². The van der Waals surface area contributed by atoms with Crippen LogP contribution in [0.2, 0.25) is 0 Å². The third-order valence-electron chi connectivity index (χ3n) is 0. The van der Waals surface area contributed by atoms with Crippen LogP contribution in [0.25, 0.3) is 0 Å². The van der Waals surface area contributed by atoms with Crippen LogP contribution < -0.4 is 0 Å². The second-order valence-corrected chi connectivity index (χ2v) is 64.0. The summed E-state index contributed by atoms with van der Waals surface area (Å²) in [6.45, 7) is 0. The average molecular weight is 954 g/mol. The summed E-state index contributed by atoms with van der Waals surface area (Å²) in [7, 11) is -2.10. The fourth-order valence-electron chi connectivity index (χ4n) is 0. The van der Waals surface area contributed by atoms with Gasteiger partial charge in [0.15, 0.2) is 0 Å². The van der Waals surface area contributed by atoms with Crippen molar-refractivity contribution >= 4 is 199 Å². The molecule has 16 heteroatoms. The van der Waals surface area contributed by atoms with Crippen molar-refractivity contribution in [1.29, 1.82) is 0 Å². The second-order valence-electron chi connectivity index (χ2n) is 1.17. The Bertz CT molecular complexity index is 101. The molecular formula is CAl3Br9Cl4. The highest BCUT2D eigenvalue weighted by atomic mass is 80.0. The highest BCUT2D eigenvalue weighted by Crippen LogP contribution is 2.29. The quantitative estimate of drug-likeness (QED) is 0.168. The summed E-state index contributed by atoms with van der Waals surface area (Å²) in [6.07, 6.45) is 0. The van der Waals surface area contributed by atoms with Gasteiger partial charge in [0.2, 0.25) is 0 Å². The Morgan fingerprint density at radius 2 is 0.471 bits per heavy atom. The van der Waals surface area contributed by atoms with Crippen LogP contribution in [0, 0.1) is 0 Å².